The molecular formula is C4H12NO5P. The number of aliphatic hydroxyl groups excluding tert-OH is 1. The Kier molecular flexibility index (Phi) is 18.3. The highest BCUT2D eigenvalue weighted by molar-refractivity contribution is 6.92. The predicted octanol–water partition coefficient (Wildman–Crippen LogP) is -1.85. The fourth-order valence-electron chi connectivity index (χ4n) is 0. The zero-order valence-corrected chi connectivity index (χ0v) is 7.27. The second-order valence-corrected chi connectivity index (χ2v) is 1.15. The van der Waals surface area contributed by atoms with Crippen LogP contribution in [0.5, 0.6) is 0 Å². The molecule has 7 heteroatoms. The van der Waals surface area contributed by atoms with Gasteiger partial charge in [0.15, 0.2) is 0 Å². The van der Waals surface area contributed by atoms with Crippen LogP contribution in [0.15, 0.2) is 0 Å². The van der Waals surface area contributed by atoms with Gasteiger partial charge in [0, 0.05) is 0 Å². The molecule has 68 valence electrons. The van der Waals surface area contributed by atoms with Crippen LogP contribution >= 0.6 is 9.90 Å². The molecule has 0 saturated carbocycles. The van der Waals surface area contributed by atoms with E-state index in [0.717, 1.165) is 0 Å². The van der Waals surface area contributed by atoms with Crippen LogP contribution in [-0.4, -0.2) is 40.4 Å². The molecule has 0 bridgehead atoms. The van der Waals surface area contributed by atoms with E-state index in [4.69, 9.17) is 20.1 Å². The Balaban J connectivity index is -0.000000107. The third kappa shape index (κ3) is 45.6. The highest BCUT2D eigenvalue weighted by Crippen LogP contribution is 1.48. The van der Waals surface area contributed by atoms with Gasteiger partial charge in [0.2, 0.25) is 0 Å². The van der Waals surface area contributed by atoms with Crippen molar-refractivity contribution in [3.63, 3.8) is 0 Å². The summed E-state index contributed by atoms with van der Waals surface area (Å²) in [5.41, 5.74) is 4.57. The van der Waals surface area contributed by atoms with Crippen LogP contribution in [0.3, 0.4) is 0 Å². The molecule has 1 unspecified atom stereocenters. The minimum absolute atomic E-state index is 0. The quantitative estimate of drug-likeness (QED) is 0.375. The molecule has 0 saturated heterocycles. The lowest BCUT2D eigenvalue weighted by Gasteiger charge is -1.73. The van der Waals surface area contributed by atoms with Crippen LogP contribution in [0.25, 0.3) is 0 Å². The largest absolute Gasteiger partial charge is 0.480 e. The molecule has 0 spiro atoms. The fraction of sp³-hybridized carbons (Fsp3) is 0.500. The van der Waals surface area contributed by atoms with Gasteiger partial charge in [0.25, 0.3) is 0 Å². The Hall–Kier alpha value is -0.710. The number of carboxylic acids is 2. The summed E-state index contributed by atoms with van der Waals surface area (Å²) in [7, 11) is 0. The Morgan fingerprint density at radius 3 is 1.36 bits per heavy atom. The maximum absolute atomic E-state index is 9.24. The second kappa shape index (κ2) is 12.0. The average molecular weight is 185 g/mol. The molecular weight excluding hydrogens is 173 g/mol. The molecule has 0 aromatic carbocycles. The van der Waals surface area contributed by atoms with Crippen molar-refractivity contribution < 1.29 is 24.9 Å². The van der Waals surface area contributed by atoms with Gasteiger partial charge in [0.05, 0.1) is 6.54 Å². The number of hydrogen-bond donors (Lipinski definition) is 4. The molecule has 0 heterocycles. The van der Waals surface area contributed by atoms with Crippen molar-refractivity contribution in [1.82, 2.24) is 0 Å². The van der Waals surface area contributed by atoms with Gasteiger partial charge in [-0.2, -0.15) is 9.90 Å². The topological polar surface area (TPSA) is 121 Å². The number of rotatable bonds is 2. The first-order valence-electron chi connectivity index (χ1n) is 2.29. The Labute approximate surface area is 66.6 Å². The molecule has 5 N–H and O–H groups in total. The van der Waals surface area contributed by atoms with E-state index in [1.54, 1.807) is 0 Å². The highest BCUT2D eigenvalue weighted by Gasteiger charge is 1.82. The number of carbonyl (C=O) groups is 2. The third-order valence-electron chi connectivity index (χ3n) is 0.310. The maximum atomic E-state index is 9.24. The molecule has 6 nitrogen and oxygen atoms in total. The maximum Gasteiger partial charge on any atom is 0.329 e. The van der Waals surface area contributed by atoms with Gasteiger partial charge in [-0.1, -0.05) is 0 Å². The summed E-state index contributed by atoms with van der Waals surface area (Å²) in [6.45, 7) is -1.06. The summed E-state index contributed by atoms with van der Waals surface area (Å²) in [4.78, 5) is 18.4. The molecule has 0 rings (SSSR count). The first kappa shape index (κ1) is 16.7. The standard InChI is InChI=1S/C2H5NO2.C2H4O3.H3P/c2*3-1-2(4)5;/h1,3H2,(H,4,5);3H,1H2,(H,4,5);1H3. The van der Waals surface area contributed by atoms with Crippen molar-refractivity contribution in [2.24, 2.45) is 5.73 Å². The molecule has 0 amide bonds. The van der Waals surface area contributed by atoms with Gasteiger partial charge < -0.3 is 21.1 Å². The summed E-state index contributed by atoms with van der Waals surface area (Å²) < 4.78 is 0. The zero-order chi connectivity index (χ0) is 8.57. The Morgan fingerprint density at radius 2 is 1.36 bits per heavy atom. The second-order valence-electron chi connectivity index (χ2n) is 1.15. The average Bonchev–Trinajstić information content (AvgIpc) is 1.89. The van der Waals surface area contributed by atoms with Crippen molar-refractivity contribution in [2.75, 3.05) is 13.2 Å². The normalized spacial score (nSPS) is 6.73. The van der Waals surface area contributed by atoms with Crippen LogP contribution in [-0.2, 0) is 9.59 Å². The summed E-state index contributed by atoms with van der Waals surface area (Å²) >= 11 is 0. The number of aliphatic hydroxyl groups is 1. The van der Waals surface area contributed by atoms with E-state index in [0.29, 0.717) is 0 Å². The van der Waals surface area contributed by atoms with Gasteiger partial charge in [-0.15, -0.1) is 0 Å². The van der Waals surface area contributed by atoms with Gasteiger partial charge in [-0.05, 0) is 0 Å². The van der Waals surface area contributed by atoms with E-state index in [-0.39, 0.29) is 16.4 Å². The van der Waals surface area contributed by atoms with E-state index >= 15 is 0 Å². The summed E-state index contributed by atoms with van der Waals surface area (Å²) in [5.74, 6) is -2.16. The Bertz CT molecular complexity index is 103. The lowest BCUT2D eigenvalue weighted by atomic mass is 10.7. The van der Waals surface area contributed by atoms with Gasteiger partial charge >= 0.3 is 11.9 Å². The first-order chi connectivity index (χ1) is 4.54. The SMILES string of the molecule is NCC(=O)O.O=C(O)CO.P. The van der Waals surface area contributed by atoms with Crippen LogP contribution in [0.4, 0.5) is 0 Å². The molecule has 0 radical (unpaired) electrons. The van der Waals surface area contributed by atoms with Crippen LogP contribution in [0.1, 0.15) is 0 Å². The molecule has 0 aliphatic carbocycles. The number of nitrogens with two attached hydrogens (primary N) is 1. The van der Waals surface area contributed by atoms with E-state index in [2.05, 4.69) is 5.73 Å². The molecule has 0 aromatic rings. The first-order valence-corrected chi connectivity index (χ1v) is 2.29. The molecule has 11 heavy (non-hydrogen) atoms. The van der Waals surface area contributed by atoms with Crippen molar-refractivity contribution in [3.8, 4) is 0 Å². The van der Waals surface area contributed by atoms with E-state index in [1.165, 1.54) is 0 Å². The minimum Gasteiger partial charge on any atom is -0.480 e. The zero-order valence-electron chi connectivity index (χ0n) is 5.86. The van der Waals surface area contributed by atoms with E-state index in [9.17, 15) is 4.79 Å². The van der Waals surface area contributed by atoms with Gasteiger partial charge in [0.1, 0.15) is 6.61 Å². The summed E-state index contributed by atoms with van der Waals surface area (Å²) in [5, 5.41) is 22.6. The lowest BCUT2D eigenvalue weighted by molar-refractivity contribution is -0.140. The molecule has 1 atom stereocenters. The van der Waals surface area contributed by atoms with Crippen molar-refractivity contribution in [3.05, 3.63) is 0 Å². The van der Waals surface area contributed by atoms with Crippen LogP contribution in [0, 0.1) is 0 Å². The lowest BCUT2D eigenvalue weighted by Crippen LogP contribution is -2.10. The fourth-order valence-corrected chi connectivity index (χ4v) is 0. The van der Waals surface area contributed by atoms with E-state index in [1.807, 2.05) is 0 Å². The van der Waals surface area contributed by atoms with Gasteiger partial charge in [-0.3, -0.25) is 4.79 Å². The van der Waals surface area contributed by atoms with Crippen LogP contribution in [0.2, 0.25) is 0 Å². The number of hydrogen-bond acceptors (Lipinski definition) is 4. The van der Waals surface area contributed by atoms with Crippen molar-refractivity contribution >= 4 is 21.8 Å². The van der Waals surface area contributed by atoms with Crippen molar-refractivity contribution in [2.45, 2.75) is 0 Å². The number of carboxylic acid groups (broad SMARTS) is 2. The van der Waals surface area contributed by atoms with Crippen molar-refractivity contribution in [1.29, 1.82) is 0 Å². The van der Waals surface area contributed by atoms with Gasteiger partial charge in [-0.25, -0.2) is 4.79 Å². The summed E-state index contributed by atoms with van der Waals surface area (Å²) in [6.07, 6.45) is 0. The molecule has 0 aliphatic rings. The molecule has 0 aromatic heterocycles. The molecule has 0 aliphatic heterocycles. The molecule has 0 fully saturated rings. The summed E-state index contributed by atoms with van der Waals surface area (Å²) in [6, 6.07) is 0. The minimum atomic E-state index is -1.19. The van der Waals surface area contributed by atoms with Crippen LogP contribution < -0.4 is 5.73 Å². The monoisotopic (exact) mass is 185 g/mol. The smallest absolute Gasteiger partial charge is 0.329 e. The Morgan fingerprint density at radius 1 is 1.18 bits per heavy atom. The highest BCUT2D eigenvalue weighted by atomic mass is 31.0. The predicted molar refractivity (Wildman–Crippen MR) is 42.5 cm³/mol. The van der Waals surface area contributed by atoms with E-state index < -0.39 is 18.5 Å². The third-order valence-corrected chi connectivity index (χ3v) is 0.310. The number of aliphatic carboxylic acids is 2.